The Hall–Kier alpha value is -3.20. The Kier molecular flexibility index (Phi) is 5.54. The first kappa shape index (κ1) is 22.0. The van der Waals surface area contributed by atoms with Crippen LogP contribution in [0, 0.1) is 0 Å². The Balaban J connectivity index is 1.70. The van der Waals surface area contributed by atoms with Gasteiger partial charge < -0.3 is 0 Å². The fourth-order valence-electron chi connectivity index (χ4n) is 3.79. The molecular weight excluding hydrogens is 439 g/mol. The average Bonchev–Trinajstić information content (AvgIpc) is 3.17. The largest absolute Gasteiger partial charge is 0.416 e. The zero-order valence-electron chi connectivity index (χ0n) is 17.3. The standard InChI is InChI=1S/C23H20F3N3O2S/c1-15(13-17-5-3-4-6-21(17)32(2,30)31)20-11-12-27-22-19(14-28-29(20)22)16-7-9-18(10-8-16)23(24,25)26/h3-12,14-15H,13H2,1-2H3. The number of fused-ring (bicyclic) bond motifs is 1. The monoisotopic (exact) mass is 459 g/mol. The van der Waals surface area contributed by atoms with Crippen LogP contribution in [0.2, 0.25) is 0 Å². The molecule has 0 amide bonds. The zero-order valence-corrected chi connectivity index (χ0v) is 18.2. The highest BCUT2D eigenvalue weighted by Gasteiger charge is 2.30. The second-order valence-electron chi connectivity index (χ2n) is 7.72. The van der Waals surface area contributed by atoms with E-state index in [-0.39, 0.29) is 5.92 Å². The van der Waals surface area contributed by atoms with Crippen LogP contribution in [-0.4, -0.2) is 29.3 Å². The Labute approximate surface area is 183 Å². The van der Waals surface area contributed by atoms with Crippen LogP contribution in [0.3, 0.4) is 0 Å². The number of rotatable bonds is 5. The van der Waals surface area contributed by atoms with Crippen LogP contribution in [0.15, 0.2) is 71.9 Å². The van der Waals surface area contributed by atoms with E-state index in [1.165, 1.54) is 18.4 Å². The van der Waals surface area contributed by atoms with Crippen molar-refractivity contribution in [2.45, 2.75) is 30.3 Å². The second kappa shape index (κ2) is 8.05. The lowest BCUT2D eigenvalue weighted by Gasteiger charge is -2.15. The maximum absolute atomic E-state index is 12.9. The minimum Gasteiger partial charge on any atom is -0.236 e. The molecule has 1 unspecified atom stereocenters. The molecule has 0 saturated heterocycles. The molecule has 0 radical (unpaired) electrons. The van der Waals surface area contributed by atoms with E-state index in [9.17, 15) is 21.6 Å². The van der Waals surface area contributed by atoms with Gasteiger partial charge in [-0.3, -0.25) is 0 Å². The molecule has 32 heavy (non-hydrogen) atoms. The Morgan fingerprint density at radius 3 is 2.38 bits per heavy atom. The SMILES string of the molecule is CC(Cc1ccccc1S(C)(=O)=O)c1ccnc2c(-c3ccc(C(F)(F)F)cc3)cnn12. The van der Waals surface area contributed by atoms with Gasteiger partial charge in [0.25, 0.3) is 0 Å². The van der Waals surface area contributed by atoms with Gasteiger partial charge in [-0.15, -0.1) is 0 Å². The lowest BCUT2D eigenvalue weighted by atomic mass is 9.97. The molecule has 0 N–H and O–H groups in total. The van der Waals surface area contributed by atoms with E-state index in [0.717, 1.165) is 17.8 Å². The van der Waals surface area contributed by atoms with E-state index in [4.69, 9.17) is 0 Å². The van der Waals surface area contributed by atoms with Crippen molar-refractivity contribution in [2.24, 2.45) is 0 Å². The first-order valence-corrected chi connectivity index (χ1v) is 11.7. The second-order valence-corrected chi connectivity index (χ2v) is 9.71. The molecule has 4 rings (SSSR count). The first-order valence-electron chi connectivity index (χ1n) is 9.84. The number of nitrogens with zero attached hydrogens (tertiary/aromatic N) is 3. The van der Waals surface area contributed by atoms with Gasteiger partial charge >= 0.3 is 6.18 Å². The summed E-state index contributed by atoms with van der Waals surface area (Å²) in [5.41, 5.74) is 2.52. The van der Waals surface area contributed by atoms with E-state index in [1.54, 1.807) is 41.2 Å². The molecular formula is C23H20F3N3O2S. The molecule has 0 fully saturated rings. The molecule has 0 saturated carbocycles. The normalized spacial score (nSPS) is 13.4. The third kappa shape index (κ3) is 4.25. The molecule has 2 heterocycles. The summed E-state index contributed by atoms with van der Waals surface area (Å²) in [5.74, 6) is -0.0937. The third-order valence-corrected chi connectivity index (χ3v) is 6.55. The van der Waals surface area contributed by atoms with Crippen molar-refractivity contribution in [3.8, 4) is 11.1 Å². The van der Waals surface area contributed by atoms with E-state index in [2.05, 4.69) is 10.1 Å². The maximum atomic E-state index is 12.9. The van der Waals surface area contributed by atoms with Crippen molar-refractivity contribution >= 4 is 15.5 Å². The summed E-state index contributed by atoms with van der Waals surface area (Å²) in [6.07, 6.45) is 0.454. The van der Waals surface area contributed by atoms with Crippen LogP contribution in [0.5, 0.6) is 0 Å². The quantitative estimate of drug-likeness (QED) is 0.413. The number of halogens is 3. The topological polar surface area (TPSA) is 64.3 Å². The molecule has 9 heteroatoms. The molecule has 0 aliphatic heterocycles. The molecule has 0 aliphatic carbocycles. The fourth-order valence-corrected chi connectivity index (χ4v) is 4.75. The zero-order chi connectivity index (χ0) is 23.1. The van der Waals surface area contributed by atoms with Gasteiger partial charge in [-0.05, 0) is 41.8 Å². The van der Waals surface area contributed by atoms with Crippen molar-refractivity contribution in [3.05, 3.63) is 83.8 Å². The third-order valence-electron chi connectivity index (χ3n) is 5.36. The van der Waals surface area contributed by atoms with Gasteiger partial charge in [0.2, 0.25) is 0 Å². The van der Waals surface area contributed by atoms with Crippen molar-refractivity contribution in [1.82, 2.24) is 14.6 Å². The van der Waals surface area contributed by atoms with Crippen molar-refractivity contribution in [2.75, 3.05) is 6.26 Å². The van der Waals surface area contributed by atoms with E-state index < -0.39 is 21.6 Å². The number of alkyl halides is 3. The lowest BCUT2D eigenvalue weighted by molar-refractivity contribution is -0.137. The Morgan fingerprint density at radius 1 is 1.03 bits per heavy atom. The number of hydrogen-bond donors (Lipinski definition) is 0. The summed E-state index contributed by atoms with van der Waals surface area (Å²) in [7, 11) is -3.36. The smallest absolute Gasteiger partial charge is 0.236 e. The minimum atomic E-state index is -4.40. The summed E-state index contributed by atoms with van der Waals surface area (Å²) in [6.45, 7) is 1.97. The van der Waals surface area contributed by atoms with Crippen LogP contribution in [0.1, 0.15) is 29.7 Å². The molecule has 2 aromatic heterocycles. The van der Waals surface area contributed by atoms with Crippen molar-refractivity contribution in [3.63, 3.8) is 0 Å². The van der Waals surface area contributed by atoms with Gasteiger partial charge in [0.05, 0.1) is 16.7 Å². The van der Waals surface area contributed by atoms with Gasteiger partial charge in [-0.25, -0.2) is 17.9 Å². The molecule has 0 aliphatic rings. The number of sulfone groups is 1. The number of hydrogen-bond acceptors (Lipinski definition) is 4. The summed E-state index contributed by atoms with van der Waals surface area (Å²) < 4.78 is 64.5. The van der Waals surface area contributed by atoms with Crippen molar-refractivity contribution in [1.29, 1.82) is 0 Å². The Bertz CT molecular complexity index is 1380. The Morgan fingerprint density at radius 2 is 1.72 bits per heavy atom. The number of aromatic nitrogens is 3. The highest BCUT2D eigenvalue weighted by Crippen LogP contribution is 2.32. The average molecular weight is 459 g/mol. The summed E-state index contributed by atoms with van der Waals surface area (Å²) >= 11 is 0. The van der Waals surface area contributed by atoms with Crippen molar-refractivity contribution < 1.29 is 21.6 Å². The van der Waals surface area contributed by atoms with Gasteiger partial charge in [0.1, 0.15) is 0 Å². The van der Waals surface area contributed by atoms with Crippen LogP contribution in [0.4, 0.5) is 13.2 Å². The lowest BCUT2D eigenvalue weighted by Crippen LogP contribution is -2.09. The highest BCUT2D eigenvalue weighted by molar-refractivity contribution is 7.90. The maximum Gasteiger partial charge on any atom is 0.416 e. The first-order chi connectivity index (χ1) is 15.1. The van der Waals surface area contributed by atoms with Gasteiger partial charge in [-0.2, -0.15) is 18.3 Å². The molecule has 166 valence electrons. The van der Waals surface area contributed by atoms with Gasteiger partial charge in [0.15, 0.2) is 15.5 Å². The summed E-state index contributed by atoms with van der Waals surface area (Å²) in [4.78, 5) is 4.67. The fraction of sp³-hybridized carbons (Fsp3) is 0.217. The molecule has 1 atom stereocenters. The van der Waals surface area contributed by atoms with E-state index >= 15 is 0 Å². The van der Waals surface area contributed by atoms with E-state index in [1.807, 2.05) is 13.0 Å². The summed E-state index contributed by atoms with van der Waals surface area (Å²) in [5, 5.41) is 4.41. The summed E-state index contributed by atoms with van der Waals surface area (Å²) in [6, 6.07) is 13.6. The van der Waals surface area contributed by atoms with E-state index in [0.29, 0.717) is 33.7 Å². The molecule has 2 aromatic carbocycles. The van der Waals surface area contributed by atoms with Crippen LogP contribution in [-0.2, 0) is 22.4 Å². The van der Waals surface area contributed by atoms with Crippen LogP contribution >= 0.6 is 0 Å². The molecule has 0 spiro atoms. The molecule has 4 aromatic rings. The predicted octanol–water partition coefficient (Wildman–Crippen LogP) is 5.16. The van der Waals surface area contributed by atoms with Gasteiger partial charge in [0, 0.05) is 29.6 Å². The van der Waals surface area contributed by atoms with Gasteiger partial charge in [-0.1, -0.05) is 37.3 Å². The van der Waals surface area contributed by atoms with Crippen LogP contribution < -0.4 is 0 Å². The molecule has 5 nitrogen and oxygen atoms in total. The number of benzene rings is 2. The molecule has 0 bridgehead atoms. The highest BCUT2D eigenvalue weighted by atomic mass is 32.2. The van der Waals surface area contributed by atoms with Crippen LogP contribution in [0.25, 0.3) is 16.8 Å². The predicted molar refractivity (Wildman–Crippen MR) is 115 cm³/mol. The minimum absolute atomic E-state index is 0.0937.